The average molecular weight is 547 g/mol. The highest BCUT2D eigenvalue weighted by Crippen LogP contribution is 2.30. The van der Waals surface area contributed by atoms with E-state index >= 15 is 0 Å². The summed E-state index contributed by atoms with van der Waals surface area (Å²) in [6, 6.07) is 10.3. The van der Waals surface area contributed by atoms with E-state index in [4.69, 9.17) is 14.5 Å². The van der Waals surface area contributed by atoms with E-state index < -0.39 is 0 Å². The van der Waals surface area contributed by atoms with Gasteiger partial charge in [0.15, 0.2) is 11.0 Å². The molecule has 0 unspecified atom stereocenters. The van der Waals surface area contributed by atoms with Crippen molar-refractivity contribution in [3.8, 4) is 22.5 Å². The van der Waals surface area contributed by atoms with E-state index in [1.807, 2.05) is 11.8 Å². The lowest BCUT2D eigenvalue weighted by Gasteiger charge is -2.33. The molecule has 0 bridgehead atoms. The lowest BCUT2D eigenvalue weighted by Crippen LogP contribution is -2.44. The van der Waals surface area contributed by atoms with Crippen molar-refractivity contribution in [3.05, 3.63) is 66.1 Å². The Balaban J connectivity index is 1.43. The molecule has 13 heteroatoms. The predicted octanol–water partition coefficient (Wildman–Crippen LogP) is 3.36. The summed E-state index contributed by atoms with van der Waals surface area (Å²) in [5.41, 5.74) is 0.962. The molecule has 1 atom stereocenters. The molecule has 3 aromatic heterocycles. The van der Waals surface area contributed by atoms with Crippen molar-refractivity contribution in [2.75, 3.05) is 44.1 Å². The molecule has 1 saturated heterocycles. The van der Waals surface area contributed by atoms with Crippen molar-refractivity contribution in [1.29, 1.82) is 0 Å². The van der Waals surface area contributed by atoms with Crippen LogP contribution in [0.1, 0.15) is 27.6 Å². The normalized spacial score (nSPS) is 15.1. The third-order valence-electron chi connectivity index (χ3n) is 5.81. The highest BCUT2D eigenvalue weighted by molar-refractivity contribution is 7.19. The molecule has 5 rings (SSSR count). The van der Waals surface area contributed by atoms with Gasteiger partial charge in [-0.2, -0.15) is 15.0 Å². The Labute approximate surface area is 228 Å². The predicted molar refractivity (Wildman–Crippen MR) is 145 cm³/mol. The summed E-state index contributed by atoms with van der Waals surface area (Å²) < 4.78 is 11.6. The van der Waals surface area contributed by atoms with Gasteiger partial charge in [-0.3, -0.25) is 19.9 Å². The molecule has 4 aromatic rings. The topological polar surface area (TPSA) is 136 Å². The van der Waals surface area contributed by atoms with E-state index in [2.05, 4.69) is 25.3 Å². The average Bonchev–Trinajstić information content (AvgIpc) is 3.42. The second-order valence-corrected chi connectivity index (χ2v) is 9.94. The minimum absolute atomic E-state index is 0.0500. The van der Waals surface area contributed by atoms with Crippen LogP contribution in [0.25, 0.3) is 10.7 Å². The van der Waals surface area contributed by atoms with Crippen LogP contribution in [0.4, 0.5) is 11.1 Å². The third-order valence-corrected chi connectivity index (χ3v) is 6.72. The Hall–Kier alpha value is -4.49. The van der Waals surface area contributed by atoms with E-state index in [-0.39, 0.29) is 23.9 Å². The van der Waals surface area contributed by atoms with Crippen LogP contribution in [0.15, 0.2) is 55.0 Å². The minimum atomic E-state index is -0.317. The summed E-state index contributed by atoms with van der Waals surface area (Å²) in [5.74, 6) is 0.844. The number of amides is 2. The highest BCUT2D eigenvalue weighted by Gasteiger charge is 2.24. The molecule has 2 amide bonds. The number of ether oxygens (including phenoxy) is 2. The highest BCUT2D eigenvalue weighted by atomic mass is 32.1. The van der Waals surface area contributed by atoms with Gasteiger partial charge in [0, 0.05) is 38.6 Å². The first-order valence-electron chi connectivity index (χ1n) is 12.1. The van der Waals surface area contributed by atoms with E-state index in [0.29, 0.717) is 58.4 Å². The lowest BCUT2D eigenvalue weighted by atomic mass is 10.2. The zero-order valence-corrected chi connectivity index (χ0v) is 22.4. The molecule has 0 spiro atoms. The number of carbonyl (C=O) groups is 2. The largest absolute Gasteiger partial charge is 0.424 e. The van der Waals surface area contributed by atoms with Crippen molar-refractivity contribution in [3.63, 3.8) is 0 Å². The number of benzene rings is 1. The first kappa shape index (κ1) is 26.1. The van der Waals surface area contributed by atoms with Crippen LogP contribution >= 0.6 is 11.3 Å². The second kappa shape index (κ2) is 11.5. The monoisotopic (exact) mass is 546 g/mol. The summed E-state index contributed by atoms with van der Waals surface area (Å²) >= 11 is 1.23. The van der Waals surface area contributed by atoms with E-state index in [0.717, 1.165) is 0 Å². The van der Waals surface area contributed by atoms with Crippen LogP contribution in [0, 0.1) is 0 Å². The van der Waals surface area contributed by atoms with Crippen LogP contribution in [0.3, 0.4) is 0 Å². The zero-order valence-electron chi connectivity index (χ0n) is 21.6. The number of aromatic nitrogens is 5. The number of pyridine rings is 1. The van der Waals surface area contributed by atoms with E-state index in [1.165, 1.54) is 22.4 Å². The molecule has 0 saturated carbocycles. The van der Waals surface area contributed by atoms with Gasteiger partial charge in [0.25, 0.3) is 11.8 Å². The fourth-order valence-electron chi connectivity index (χ4n) is 3.79. The standard InChI is InChI=1S/C26H26N8O4S/c1-16-15-37-12-11-34(16)24-29-21(20-14-28-26(39-20)31-22(35)18-5-4-10-27-13-18)30-25(32-24)38-19-8-6-17(7-9-19)23(36)33(2)3/h4-10,13-14,16H,11-12,15H2,1-3H3,(H,28,31,35)/t16-/m0/s1. The first-order valence-corrected chi connectivity index (χ1v) is 13.0. The Kier molecular flexibility index (Phi) is 7.70. The van der Waals surface area contributed by atoms with Crippen LogP contribution < -0.4 is 15.0 Å². The summed E-state index contributed by atoms with van der Waals surface area (Å²) in [7, 11) is 3.39. The number of rotatable bonds is 7. The molecular formula is C26H26N8O4S. The van der Waals surface area contributed by atoms with Crippen molar-refractivity contribution < 1.29 is 19.1 Å². The Morgan fingerprint density at radius 3 is 2.64 bits per heavy atom. The van der Waals surface area contributed by atoms with Gasteiger partial charge in [-0.1, -0.05) is 11.3 Å². The third kappa shape index (κ3) is 6.16. The van der Waals surface area contributed by atoms with Gasteiger partial charge in [-0.15, -0.1) is 0 Å². The van der Waals surface area contributed by atoms with Crippen LogP contribution in [-0.2, 0) is 4.74 Å². The molecule has 39 heavy (non-hydrogen) atoms. The number of anilines is 2. The van der Waals surface area contributed by atoms with Gasteiger partial charge < -0.3 is 19.3 Å². The van der Waals surface area contributed by atoms with Gasteiger partial charge >= 0.3 is 6.01 Å². The maximum absolute atomic E-state index is 12.5. The summed E-state index contributed by atoms with van der Waals surface area (Å²) in [5, 5.41) is 3.17. The number of carbonyl (C=O) groups excluding carboxylic acids is 2. The molecule has 0 aliphatic carbocycles. The summed E-state index contributed by atoms with van der Waals surface area (Å²) in [6.07, 6.45) is 4.68. The fourth-order valence-corrected chi connectivity index (χ4v) is 4.53. The molecule has 1 aromatic carbocycles. The van der Waals surface area contributed by atoms with E-state index in [9.17, 15) is 9.59 Å². The molecule has 4 heterocycles. The number of thiazole rings is 1. The fraction of sp³-hybridized carbons (Fsp3) is 0.269. The molecule has 12 nitrogen and oxygen atoms in total. The lowest BCUT2D eigenvalue weighted by molar-refractivity contribution is 0.0827. The van der Waals surface area contributed by atoms with Gasteiger partial charge in [0.2, 0.25) is 5.95 Å². The zero-order chi connectivity index (χ0) is 27.4. The van der Waals surface area contributed by atoms with Crippen molar-refractivity contribution >= 4 is 34.2 Å². The molecule has 0 radical (unpaired) electrons. The van der Waals surface area contributed by atoms with Crippen LogP contribution in [0.2, 0.25) is 0 Å². The maximum Gasteiger partial charge on any atom is 0.327 e. The maximum atomic E-state index is 12.5. The number of morpholine rings is 1. The molecule has 1 fully saturated rings. The first-order chi connectivity index (χ1) is 18.9. The molecule has 1 aliphatic rings. The number of nitrogens with one attached hydrogen (secondary N) is 1. The molecule has 1 aliphatic heterocycles. The van der Waals surface area contributed by atoms with Crippen molar-refractivity contribution in [2.24, 2.45) is 0 Å². The number of hydrogen-bond acceptors (Lipinski definition) is 11. The molecular weight excluding hydrogens is 520 g/mol. The van der Waals surface area contributed by atoms with Crippen LogP contribution in [0.5, 0.6) is 11.8 Å². The Morgan fingerprint density at radius 2 is 1.92 bits per heavy atom. The van der Waals surface area contributed by atoms with Gasteiger partial charge in [0.05, 0.1) is 35.9 Å². The van der Waals surface area contributed by atoms with Gasteiger partial charge in [-0.05, 0) is 43.3 Å². The Morgan fingerprint density at radius 1 is 1.10 bits per heavy atom. The smallest absolute Gasteiger partial charge is 0.327 e. The minimum Gasteiger partial charge on any atom is -0.424 e. The Bertz CT molecular complexity index is 1460. The molecule has 1 N–H and O–H groups in total. The van der Waals surface area contributed by atoms with Gasteiger partial charge in [0.1, 0.15) is 5.75 Å². The van der Waals surface area contributed by atoms with Crippen molar-refractivity contribution in [2.45, 2.75) is 13.0 Å². The number of hydrogen-bond donors (Lipinski definition) is 1. The summed E-state index contributed by atoms with van der Waals surface area (Å²) in [6.45, 7) is 3.74. The van der Waals surface area contributed by atoms with Crippen LogP contribution in [-0.4, -0.2) is 81.5 Å². The van der Waals surface area contributed by atoms with Crippen molar-refractivity contribution in [1.82, 2.24) is 29.8 Å². The quantitative estimate of drug-likeness (QED) is 0.367. The molecule has 200 valence electrons. The van der Waals surface area contributed by atoms with Gasteiger partial charge in [-0.25, -0.2) is 4.98 Å². The SMILES string of the molecule is C[C@H]1COCCN1c1nc(Oc2ccc(C(=O)N(C)C)cc2)nc(-c2cnc(NC(=O)c3cccnc3)s2)n1. The second-order valence-electron chi connectivity index (χ2n) is 8.91. The van der Waals surface area contributed by atoms with E-state index in [1.54, 1.807) is 62.9 Å². The summed E-state index contributed by atoms with van der Waals surface area (Å²) in [4.78, 5) is 51.0. The number of nitrogens with zero attached hydrogens (tertiary/aromatic N) is 7.